The van der Waals surface area contributed by atoms with Crippen LogP contribution in [0.5, 0.6) is 0 Å². The average molecular weight is 263 g/mol. The second kappa shape index (κ2) is 5.44. The number of methoxy groups -OCH3 is 1. The first-order valence-corrected chi connectivity index (χ1v) is 5.03. The van der Waals surface area contributed by atoms with Crippen LogP contribution in [0.2, 0.25) is 0 Å². The van der Waals surface area contributed by atoms with Gasteiger partial charge >= 0.3 is 0 Å². The summed E-state index contributed by atoms with van der Waals surface area (Å²) >= 11 is 3.25. The first kappa shape index (κ1) is 11.6. The van der Waals surface area contributed by atoms with E-state index in [2.05, 4.69) is 15.9 Å². The lowest BCUT2D eigenvalue weighted by molar-refractivity contribution is 0.0645. The zero-order valence-corrected chi connectivity index (χ0v) is 9.42. The van der Waals surface area contributed by atoms with Gasteiger partial charge in [0.2, 0.25) is 0 Å². The average Bonchev–Trinajstić information content (AvgIpc) is 2.12. The van der Waals surface area contributed by atoms with E-state index in [0.717, 1.165) is 4.47 Å². The van der Waals surface area contributed by atoms with Crippen molar-refractivity contribution in [3.63, 3.8) is 0 Å². The number of aliphatic hydroxyl groups is 1. The molecule has 0 amide bonds. The minimum Gasteiger partial charge on any atom is -0.390 e. The van der Waals surface area contributed by atoms with Crippen LogP contribution < -0.4 is 0 Å². The van der Waals surface area contributed by atoms with Gasteiger partial charge in [-0.2, -0.15) is 0 Å². The summed E-state index contributed by atoms with van der Waals surface area (Å²) in [5, 5.41) is 9.41. The fraction of sp³-hybridized carbons (Fsp3) is 0.400. The molecule has 4 heteroatoms. The third-order valence-electron chi connectivity index (χ3n) is 1.82. The standard InChI is InChI=1S/C10H12BrFO2/c1-14-6-9(13)5-7-4-8(11)2-3-10(7)12/h2-4,9,13H,5-6H2,1H3. The Morgan fingerprint density at radius 2 is 2.29 bits per heavy atom. The summed E-state index contributed by atoms with van der Waals surface area (Å²) in [4.78, 5) is 0. The molecule has 1 aromatic rings. The third kappa shape index (κ3) is 3.36. The predicted octanol–water partition coefficient (Wildman–Crippen LogP) is 2.14. The molecule has 14 heavy (non-hydrogen) atoms. The Hall–Kier alpha value is -0.450. The summed E-state index contributed by atoms with van der Waals surface area (Å²) in [6, 6.07) is 4.66. The van der Waals surface area contributed by atoms with Crippen LogP contribution in [0.15, 0.2) is 22.7 Å². The molecule has 1 unspecified atom stereocenters. The fourth-order valence-electron chi connectivity index (χ4n) is 1.20. The van der Waals surface area contributed by atoms with Gasteiger partial charge in [-0.1, -0.05) is 15.9 Å². The van der Waals surface area contributed by atoms with Gasteiger partial charge in [-0.25, -0.2) is 4.39 Å². The number of rotatable bonds is 4. The Labute approximate surface area is 90.8 Å². The zero-order chi connectivity index (χ0) is 10.6. The van der Waals surface area contributed by atoms with Crippen LogP contribution in [-0.4, -0.2) is 24.9 Å². The van der Waals surface area contributed by atoms with Crippen molar-refractivity contribution in [3.05, 3.63) is 34.1 Å². The summed E-state index contributed by atoms with van der Waals surface area (Å²) in [6.07, 6.45) is -0.400. The SMILES string of the molecule is COCC(O)Cc1cc(Br)ccc1F. The number of halogens is 2. The summed E-state index contributed by atoms with van der Waals surface area (Å²) in [5.41, 5.74) is 0.490. The van der Waals surface area contributed by atoms with E-state index in [4.69, 9.17) is 4.74 Å². The second-order valence-electron chi connectivity index (χ2n) is 3.05. The molecule has 0 bridgehead atoms. The van der Waals surface area contributed by atoms with E-state index in [1.165, 1.54) is 13.2 Å². The van der Waals surface area contributed by atoms with Crippen molar-refractivity contribution in [2.24, 2.45) is 0 Å². The second-order valence-corrected chi connectivity index (χ2v) is 3.96. The van der Waals surface area contributed by atoms with Gasteiger partial charge in [-0.05, 0) is 23.8 Å². The number of benzene rings is 1. The maximum absolute atomic E-state index is 13.2. The first-order chi connectivity index (χ1) is 6.63. The van der Waals surface area contributed by atoms with E-state index < -0.39 is 6.10 Å². The highest BCUT2D eigenvalue weighted by atomic mass is 79.9. The van der Waals surface area contributed by atoms with Crippen molar-refractivity contribution in [1.82, 2.24) is 0 Å². The van der Waals surface area contributed by atoms with Gasteiger partial charge in [-0.3, -0.25) is 0 Å². The maximum Gasteiger partial charge on any atom is 0.126 e. The van der Waals surface area contributed by atoms with Crippen molar-refractivity contribution in [3.8, 4) is 0 Å². The molecule has 0 radical (unpaired) electrons. The molecule has 1 rings (SSSR count). The van der Waals surface area contributed by atoms with E-state index in [1.54, 1.807) is 12.1 Å². The van der Waals surface area contributed by atoms with Crippen molar-refractivity contribution in [2.45, 2.75) is 12.5 Å². The quantitative estimate of drug-likeness (QED) is 0.901. The molecular weight excluding hydrogens is 251 g/mol. The Balaban J connectivity index is 2.70. The number of aliphatic hydroxyl groups excluding tert-OH is 1. The molecule has 1 N–H and O–H groups in total. The molecule has 0 fully saturated rings. The predicted molar refractivity (Wildman–Crippen MR) is 55.7 cm³/mol. The first-order valence-electron chi connectivity index (χ1n) is 4.24. The highest BCUT2D eigenvalue weighted by Crippen LogP contribution is 2.16. The van der Waals surface area contributed by atoms with E-state index in [0.29, 0.717) is 5.56 Å². The van der Waals surface area contributed by atoms with Gasteiger partial charge < -0.3 is 9.84 Å². The van der Waals surface area contributed by atoms with Crippen LogP contribution in [0.25, 0.3) is 0 Å². The number of ether oxygens (including phenoxy) is 1. The van der Waals surface area contributed by atoms with Crippen molar-refractivity contribution >= 4 is 15.9 Å². The molecule has 0 aliphatic carbocycles. The number of hydrogen-bond acceptors (Lipinski definition) is 2. The summed E-state index contributed by atoms with van der Waals surface area (Å²) in [5.74, 6) is -0.302. The van der Waals surface area contributed by atoms with Crippen LogP contribution in [0.4, 0.5) is 4.39 Å². The zero-order valence-electron chi connectivity index (χ0n) is 7.84. The van der Waals surface area contributed by atoms with Gasteiger partial charge in [0.05, 0.1) is 12.7 Å². The normalized spacial score (nSPS) is 12.9. The van der Waals surface area contributed by atoms with Gasteiger partial charge in [0.15, 0.2) is 0 Å². The van der Waals surface area contributed by atoms with Gasteiger partial charge in [-0.15, -0.1) is 0 Å². The van der Waals surface area contributed by atoms with Crippen LogP contribution in [0.3, 0.4) is 0 Å². The van der Waals surface area contributed by atoms with E-state index >= 15 is 0 Å². The van der Waals surface area contributed by atoms with Crippen molar-refractivity contribution in [2.75, 3.05) is 13.7 Å². The largest absolute Gasteiger partial charge is 0.390 e. The van der Waals surface area contributed by atoms with E-state index in [1.807, 2.05) is 0 Å². The molecule has 0 aliphatic rings. The van der Waals surface area contributed by atoms with Crippen molar-refractivity contribution < 1.29 is 14.2 Å². The molecule has 0 saturated heterocycles. The van der Waals surface area contributed by atoms with Gasteiger partial charge in [0.1, 0.15) is 5.82 Å². The van der Waals surface area contributed by atoms with Crippen LogP contribution in [0.1, 0.15) is 5.56 Å². The third-order valence-corrected chi connectivity index (χ3v) is 2.32. The Kier molecular flexibility index (Phi) is 4.51. The highest BCUT2D eigenvalue weighted by Gasteiger charge is 2.09. The summed E-state index contributed by atoms with van der Waals surface area (Å²) in [6.45, 7) is 0.214. The van der Waals surface area contributed by atoms with Gasteiger partial charge in [0, 0.05) is 18.0 Å². The van der Waals surface area contributed by atoms with Crippen molar-refractivity contribution in [1.29, 1.82) is 0 Å². The molecule has 1 aromatic carbocycles. The Bertz CT molecular complexity index is 304. The molecule has 0 heterocycles. The molecular formula is C10H12BrFO2. The van der Waals surface area contributed by atoms with Crippen LogP contribution >= 0.6 is 15.9 Å². The monoisotopic (exact) mass is 262 g/mol. The molecule has 0 aliphatic heterocycles. The summed E-state index contributed by atoms with van der Waals surface area (Å²) < 4.78 is 18.8. The molecule has 1 atom stereocenters. The Morgan fingerprint density at radius 3 is 2.93 bits per heavy atom. The minimum atomic E-state index is -0.663. The lowest BCUT2D eigenvalue weighted by Crippen LogP contribution is -2.17. The minimum absolute atomic E-state index is 0.214. The van der Waals surface area contributed by atoms with Gasteiger partial charge in [0.25, 0.3) is 0 Å². The fourth-order valence-corrected chi connectivity index (χ4v) is 1.61. The molecule has 0 saturated carbocycles. The number of hydrogen-bond donors (Lipinski definition) is 1. The molecule has 2 nitrogen and oxygen atoms in total. The van der Waals surface area contributed by atoms with E-state index in [-0.39, 0.29) is 18.8 Å². The van der Waals surface area contributed by atoms with Crippen LogP contribution in [0, 0.1) is 5.82 Å². The molecule has 0 aromatic heterocycles. The molecule has 78 valence electrons. The van der Waals surface area contributed by atoms with E-state index in [9.17, 15) is 9.50 Å². The smallest absolute Gasteiger partial charge is 0.126 e. The van der Waals surface area contributed by atoms with Crippen LogP contribution in [-0.2, 0) is 11.2 Å². The lowest BCUT2D eigenvalue weighted by atomic mass is 10.1. The molecule has 0 spiro atoms. The topological polar surface area (TPSA) is 29.5 Å². The maximum atomic E-state index is 13.2. The summed E-state index contributed by atoms with van der Waals surface area (Å²) in [7, 11) is 1.50. The Morgan fingerprint density at radius 1 is 1.57 bits per heavy atom. The lowest BCUT2D eigenvalue weighted by Gasteiger charge is -2.10. The highest BCUT2D eigenvalue weighted by molar-refractivity contribution is 9.10.